The fraction of sp³-hybridized carbons (Fsp3) is 0.900. The van der Waals surface area contributed by atoms with Crippen LogP contribution in [0.25, 0.3) is 0 Å². The molecular formula is C20H32N2O3. The summed E-state index contributed by atoms with van der Waals surface area (Å²) in [6, 6.07) is 0.272. The molecule has 1 spiro atoms. The number of nitrogens with zero attached hydrogens (tertiary/aromatic N) is 1. The number of hydrogen-bond donors (Lipinski definition) is 1. The van der Waals surface area contributed by atoms with E-state index < -0.39 is 0 Å². The van der Waals surface area contributed by atoms with Crippen LogP contribution in [0.3, 0.4) is 0 Å². The van der Waals surface area contributed by atoms with Crippen LogP contribution in [-0.4, -0.2) is 48.6 Å². The largest absolute Gasteiger partial charge is 0.378 e. The molecule has 3 unspecified atom stereocenters. The van der Waals surface area contributed by atoms with Gasteiger partial charge in [0, 0.05) is 37.1 Å². The Morgan fingerprint density at radius 3 is 2.56 bits per heavy atom. The summed E-state index contributed by atoms with van der Waals surface area (Å²) in [6.07, 6.45) is 10.1. The predicted molar refractivity (Wildman–Crippen MR) is 94.9 cm³/mol. The lowest BCUT2D eigenvalue weighted by atomic mass is 9.60. The number of nitrogens with one attached hydrogen (secondary N) is 1. The Morgan fingerprint density at radius 1 is 1.12 bits per heavy atom. The smallest absolute Gasteiger partial charge is 0.225 e. The predicted octanol–water partition coefficient (Wildman–Crippen LogP) is 2.49. The third-order valence-electron chi connectivity index (χ3n) is 7.03. The molecule has 25 heavy (non-hydrogen) atoms. The summed E-state index contributed by atoms with van der Waals surface area (Å²) in [5.41, 5.74) is 0.184. The standard InChI is InChI=1S/C20H32N2O3/c1-2-25-17-12-16(20(17)9-3-4-10-20)21-18(23)15-6-5-11-22(13-15)19(24)14-7-8-14/h14-17H,2-13H2,1H3,(H,21,23). The van der Waals surface area contributed by atoms with Gasteiger partial charge in [0.15, 0.2) is 0 Å². The Labute approximate surface area is 150 Å². The zero-order valence-electron chi connectivity index (χ0n) is 15.5. The fourth-order valence-corrected chi connectivity index (χ4v) is 5.36. The molecule has 0 aromatic rings. The molecule has 3 aliphatic carbocycles. The van der Waals surface area contributed by atoms with Gasteiger partial charge in [0.25, 0.3) is 0 Å². The molecule has 1 aliphatic heterocycles. The zero-order chi connectivity index (χ0) is 17.4. The maximum Gasteiger partial charge on any atom is 0.225 e. The van der Waals surface area contributed by atoms with E-state index in [0.717, 1.165) is 45.3 Å². The van der Waals surface area contributed by atoms with Crippen molar-refractivity contribution in [2.45, 2.75) is 76.9 Å². The molecule has 0 radical (unpaired) electrons. The summed E-state index contributed by atoms with van der Waals surface area (Å²) in [6.45, 7) is 4.27. The summed E-state index contributed by atoms with van der Waals surface area (Å²) < 4.78 is 5.95. The van der Waals surface area contributed by atoms with Crippen molar-refractivity contribution in [2.75, 3.05) is 19.7 Å². The molecule has 4 aliphatic rings. The van der Waals surface area contributed by atoms with Gasteiger partial charge >= 0.3 is 0 Å². The van der Waals surface area contributed by atoms with Crippen LogP contribution in [0, 0.1) is 17.3 Å². The Morgan fingerprint density at radius 2 is 1.88 bits per heavy atom. The van der Waals surface area contributed by atoms with Crippen molar-refractivity contribution in [3.63, 3.8) is 0 Å². The number of likely N-dealkylation sites (tertiary alicyclic amines) is 1. The Balaban J connectivity index is 1.34. The lowest BCUT2D eigenvalue weighted by molar-refractivity contribution is -0.148. The van der Waals surface area contributed by atoms with Gasteiger partial charge in [-0.05, 0) is 51.9 Å². The van der Waals surface area contributed by atoms with Crippen molar-refractivity contribution in [1.82, 2.24) is 10.2 Å². The number of rotatable bonds is 5. The van der Waals surface area contributed by atoms with Crippen LogP contribution in [0.2, 0.25) is 0 Å². The second-order valence-electron chi connectivity index (χ2n) is 8.58. The first-order chi connectivity index (χ1) is 12.1. The lowest BCUT2D eigenvalue weighted by Crippen LogP contribution is -2.64. The van der Waals surface area contributed by atoms with Gasteiger partial charge in [-0.2, -0.15) is 0 Å². The average Bonchev–Trinajstić information content (AvgIpc) is 3.34. The van der Waals surface area contributed by atoms with Gasteiger partial charge in [0.05, 0.1) is 12.0 Å². The highest BCUT2D eigenvalue weighted by Crippen LogP contribution is 2.54. The molecule has 2 amide bonds. The van der Waals surface area contributed by atoms with Crippen LogP contribution in [0.4, 0.5) is 0 Å². The number of amides is 2. The van der Waals surface area contributed by atoms with E-state index in [2.05, 4.69) is 12.2 Å². The molecule has 1 heterocycles. The van der Waals surface area contributed by atoms with E-state index in [1.807, 2.05) is 4.90 Å². The third kappa shape index (κ3) is 3.20. The number of piperidine rings is 1. The molecule has 1 N–H and O–H groups in total. The maximum absolute atomic E-state index is 12.9. The molecular weight excluding hydrogens is 316 g/mol. The minimum absolute atomic E-state index is 0.0268. The van der Waals surface area contributed by atoms with E-state index >= 15 is 0 Å². The van der Waals surface area contributed by atoms with Crippen molar-refractivity contribution in [3.8, 4) is 0 Å². The second kappa shape index (κ2) is 6.90. The molecule has 0 bridgehead atoms. The van der Waals surface area contributed by atoms with Gasteiger partial charge in [-0.15, -0.1) is 0 Å². The summed E-state index contributed by atoms with van der Waals surface area (Å²) in [5, 5.41) is 3.35. The molecule has 4 fully saturated rings. The molecule has 3 atom stereocenters. The Kier molecular flexibility index (Phi) is 4.78. The van der Waals surface area contributed by atoms with Gasteiger partial charge in [-0.25, -0.2) is 0 Å². The van der Waals surface area contributed by atoms with E-state index in [-0.39, 0.29) is 35.1 Å². The van der Waals surface area contributed by atoms with Crippen LogP contribution >= 0.6 is 0 Å². The second-order valence-corrected chi connectivity index (χ2v) is 8.58. The molecule has 0 aromatic heterocycles. The molecule has 1 saturated heterocycles. The monoisotopic (exact) mass is 348 g/mol. The first-order valence-corrected chi connectivity index (χ1v) is 10.3. The maximum atomic E-state index is 12.9. The van der Waals surface area contributed by atoms with Gasteiger partial charge < -0.3 is 15.0 Å². The van der Waals surface area contributed by atoms with E-state index in [1.165, 1.54) is 25.7 Å². The minimum atomic E-state index is -0.0268. The highest BCUT2D eigenvalue weighted by Gasteiger charge is 2.57. The number of carbonyl (C=O) groups excluding carboxylic acids is 2. The van der Waals surface area contributed by atoms with Gasteiger partial charge in [0.2, 0.25) is 11.8 Å². The SMILES string of the molecule is CCOC1CC(NC(=O)C2CCCN(C(=O)C3CC3)C2)C12CCCC2. The molecule has 5 nitrogen and oxygen atoms in total. The van der Waals surface area contributed by atoms with E-state index in [4.69, 9.17) is 4.74 Å². The first-order valence-electron chi connectivity index (χ1n) is 10.3. The van der Waals surface area contributed by atoms with Crippen LogP contribution < -0.4 is 5.32 Å². The number of hydrogen-bond acceptors (Lipinski definition) is 3. The average molecular weight is 348 g/mol. The van der Waals surface area contributed by atoms with Gasteiger partial charge in [-0.3, -0.25) is 9.59 Å². The lowest BCUT2D eigenvalue weighted by Gasteiger charge is -2.54. The molecule has 3 saturated carbocycles. The molecule has 4 rings (SSSR count). The normalized spacial score (nSPS) is 34.0. The highest BCUT2D eigenvalue weighted by atomic mass is 16.5. The van der Waals surface area contributed by atoms with Gasteiger partial charge in [-0.1, -0.05) is 12.8 Å². The van der Waals surface area contributed by atoms with Crippen molar-refractivity contribution >= 4 is 11.8 Å². The van der Waals surface area contributed by atoms with Crippen LogP contribution in [0.5, 0.6) is 0 Å². The summed E-state index contributed by atoms with van der Waals surface area (Å²) in [7, 11) is 0. The summed E-state index contributed by atoms with van der Waals surface area (Å²) in [5.74, 6) is 0.674. The van der Waals surface area contributed by atoms with Crippen LogP contribution in [0.1, 0.15) is 64.7 Å². The van der Waals surface area contributed by atoms with E-state index in [9.17, 15) is 9.59 Å². The zero-order valence-corrected chi connectivity index (χ0v) is 15.5. The van der Waals surface area contributed by atoms with Gasteiger partial charge in [0.1, 0.15) is 0 Å². The van der Waals surface area contributed by atoms with Crippen molar-refractivity contribution in [3.05, 3.63) is 0 Å². The fourth-order valence-electron chi connectivity index (χ4n) is 5.36. The molecule has 0 aromatic carbocycles. The van der Waals surface area contributed by atoms with Crippen molar-refractivity contribution in [2.24, 2.45) is 17.3 Å². The summed E-state index contributed by atoms with van der Waals surface area (Å²) in [4.78, 5) is 27.1. The third-order valence-corrected chi connectivity index (χ3v) is 7.03. The van der Waals surface area contributed by atoms with Crippen LogP contribution in [-0.2, 0) is 14.3 Å². The number of ether oxygens (including phenoxy) is 1. The molecule has 5 heteroatoms. The quantitative estimate of drug-likeness (QED) is 0.830. The topological polar surface area (TPSA) is 58.6 Å². The highest BCUT2D eigenvalue weighted by molar-refractivity contribution is 5.83. The number of carbonyl (C=O) groups is 2. The van der Waals surface area contributed by atoms with Crippen molar-refractivity contribution < 1.29 is 14.3 Å². The van der Waals surface area contributed by atoms with Crippen LogP contribution in [0.15, 0.2) is 0 Å². The first kappa shape index (κ1) is 17.3. The summed E-state index contributed by atoms with van der Waals surface area (Å²) >= 11 is 0. The van der Waals surface area contributed by atoms with E-state index in [0.29, 0.717) is 12.6 Å². The molecule has 140 valence electrons. The van der Waals surface area contributed by atoms with Crippen molar-refractivity contribution in [1.29, 1.82) is 0 Å². The Hall–Kier alpha value is -1.10. The Bertz CT molecular complexity index is 525. The van der Waals surface area contributed by atoms with E-state index in [1.54, 1.807) is 0 Å². The minimum Gasteiger partial charge on any atom is -0.378 e.